The van der Waals surface area contributed by atoms with E-state index in [1.807, 2.05) is 37.3 Å². The Morgan fingerprint density at radius 3 is 2.57 bits per heavy atom. The number of likely N-dealkylation sites (tertiary alicyclic amines) is 1. The van der Waals surface area contributed by atoms with Crippen LogP contribution >= 0.6 is 11.3 Å². The van der Waals surface area contributed by atoms with E-state index in [2.05, 4.69) is 23.3 Å². The quantitative estimate of drug-likeness (QED) is 0.373. The molecule has 3 unspecified atom stereocenters. The van der Waals surface area contributed by atoms with Crippen molar-refractivity contribution in [2.24, 2.45) is 17.8 Å². The SMILES string of the molecule is Cc1ccc(OCc2ccc(C(=O)N3CCCC(C)(O)C3)cc2C)c(-c2csc(N3CC4CC[C@@H](C3)C4C(=O)O)n2)c1. The van der Waals surface area contributed by atoms with Gasteiger partial charge in [0.1, 0.15) is 12.4 Å². The third-order valence-corrected chi connectivity index (χ3v) is 10.1. The summed E-state index contributed by atoms with van der Waals surface area (Å²) in [5.74, 6) is 0.186. The molecule has 1 aliphatic carbocycles. The van der Waals surface area contributed by atoms with Gasteiger partial charge in [-0.05, 0) is 93.7 Å². The summed E-state index contributed by atoms with van der Waals surface area (Å²) in [6, 6.07) is 11.8. The number of anilines is 1. The number of amides is 1. The van der Waals surface area contributed by atoms with Crippen molar-refractivity contribution in [2.75, 3.05) is 31.1 Å². The topological polar surface area (TPSA) is 103 Å². The molecule has 3 fully saturated rings. The van der Waals surface area contributed by atoms with E-state index in [0.717, 1.165) is 71.2 Å². The number of piperidine rings is 2. The van der Waals surface area contributed by atoms with Crippen molar-refractivity contribution in [1.29, 1.82) is 0 Å². The largest absolute Gasteiger partial charge is 0.488 e. The summed E-state index contributed by atoms with van der Waals surface area (Å²) in [5.41, 5.74) is 4.67. The molecule has 42 heavy (non-hydrogen) atoms. The number of thiazole rings is 1. The molecule has 3 aromatic rings. The van der Waals surface area contributed by atoms with E-state index >= 15 is 0 Å². The molecule has 0 radical (unpaired) electrons. The van der Waals surface area contributed by atoms with Crippen LogP contribution in [-0.2, 0) is 11.4 Å². The Bertz CT molecular complexity index is 1490. The molecule has 2 N–H and O–H groups in total. The van der Waals surface area contributed by atoms with Gasteiger partial charge in [-0.25, -0.2) is 4.98 Å². The molecule has 0 spiro atoms. The van der Waals surface area contributed by atoms with Crippen LogP contribution < -0.4 is 9.64 Å². The molecule has 1 amide bonds. The van der Waals surface area contributed by atoms with Crippen LogP contribution in [0.25, 0.3) is 11.3 Å². The van der Waals surface area contributed by atoms with Crippen LogP contribution in [0, 0.1) is 31.6 Å². The van der Waals surface area contributed by atoms with Crippen LogP contribution in [0.15, 0.2) is 41.8 Å². The molecule has 2 aromatic carbocycles. The number of hydrogen-bond acceptors (Lipinski definition) is 7. The number of β-amino-alcohol motifs (C(OH)–C–C–N with tert-alkyl or cyclic N) is 1. The second kappa shape index (κ2) is 11.3. The van der Waals surface area contributed by atoms with E-state index in [1.54, 1.807) is 23.2 Å². The average molecular weight is 590 g/mol. The molecule has 3 aliphatic rings. The molecular formula is C33H39N3O5S. The first kappa shape index (κ1) is 28.7. The van der Waals surface area contributed by atoms with Gasteiger partial charge in [0.2, 0.25) is 0 Å². The molecule has 1 aromatic heterocycles. The van der Waals surface area contributed by atoms with Crippen molar-refractivity contribution in [3.8, 4) is 17.0 Å². The highest BCUT2D eigenvalue weighted by Gasteiger charge is 2.46. The number of aryl methyl sites for hydroxylation is 2. The van der Waals surface area contributed by atoms with E-state index in [-0.39, 0.29) is 23.7 Å². The number of fused-ring (bicyclic) bond motifs is 2. The molecule has 9 heteroatoms. The smallest absolute Gasteiger partial charge is 0.307 e. The molecule has 4 atom stereocenters. The van der Waals surface area contributed by atoms with E-state index in [4.69, 9.17) is 9.72 Å². The van der Waals surface area contributed by atoms with Gasteiger partial charge in [-0.1, -0.05) is 17.7 Å². The van der Waals surface area contributed by atoms with Gasteiger partial charge in [-0.3, -0.25) is 9.59 Å². The first-order chi connectivity index (χ1) is 20.1. The maximum absolute atomic E-state index is 13.1. The predicted molar refractivity (Wildman–Crippen MR) is 163 cm³/mol. The number of aliphatic hydroxyl groups is 1. The number of benzene rings is 2. The molecule has 8 nitrogen and oxygen atoms in total. The Morgan fingerprint density at radius 2 is 1.88 bits per heavy atom. The summed E-state index contributed by atoms with van der Waals surface area (Å²) in [6.07, 6.45) is 3.46. The fraction of sp³-hybridized carbons (Fsp3) is 0.485. The lowest BCUT2D eigenvalue weighted by Crippen LogP contribution is -2.48. The number of aliphatic carboxylic acids is 1. The molecular weight excluding hydrogens is 550 g/mol. The Hall–Kier alpha value is -3.43. The number of hydrogen-bond donors (Lipinski definition) is 2. The van der Waals surface area contributed by atoms with Gasteiger partial charge < -0.3 is 24.7 Å². The van der Waals surface area contributed by atoms with Gasteiger partial charge in [-0.15, -0.1) is 11.3 Å². The molecule has 2 bridgehead atoms. The standard InChI is InChI=1S/C33H39N3O5S/c1-20-5-10-28(41-17-25-9-6-22(14-21(25)2)30(37)35-12-4-11-33(3,40)19-35)26(13-20)27-18-42-32(34-27)36-15-23-7-8-24(16-36)29(23)31(38)39/h5-6,9-10,13-14,18,23-24,29,40H,4,7-8,11-12,15-17,19H2,1-3H3,(H,38,39)/t23-,24?,29?,33?/m0/s1. The van der Waals surface area contributed by atoms with Crippen molar-refractivity contribution in [1.82, 2.24) is 9.88 Å². The van der Waals surface area contributed by atoms with Crippen molar-refractivity contribution < 1.29 is 24.5 Å². The minimum Gasteiger partial charge on any atom is -0.488 e. The molecule has 222 valence electrons. The van der Waals surface area contributed by atoms with Crippen LogP contribution in [0.3, 0.4) is 0 Å². The summed E-state index contributed by atoms with van der Waals surface area (Å²) in [6.45, 7) is 8.69. The molecule has 6 rings (SSSR count). The highest BCUT2D eigenvalue weighted by Crippen LogP contribution is 2.44. The highest BCUT2D eigenvalue weighted by atomic mass is 32.1. The van der Waals surface area contributed by atoms with Crippen LogP contribution in [-0.4, -0.2) is 63.8 Å². The Morgan fingerprint density at radius 1 is 1.12 bits per heavy atom. The molecule has 2 saturated heterocycles. The zero-order chi connectivity index (χ0) is 29.6. The normalized spacial score (nSPS) is 25.5. The highest BCUT2D eigenvalue weighted by molar-refractivity contribution is 7.14. The third kappa shape index (κ3) is 5.77. The first-order valence-electron chi connectivity index (χ1n) is 14.9. The monoisotopic (exact) mass is 589 g/mol. The Kier molecular flexibility index (Phi) is 7.74. The van der Waals surface area contributed by atoms with Gasteiger partial charge in [0.25, 0.3) is 5.91 Å². The second-order valence-electron chi connectivity index (χ2n) is 12.6. The van der Waals surface area contributed by atoms with E-state index in [1.165, 1.54) is 0 Å². The van der Waals surface area contributed by atoms with Gasteiger partial charge in [0, 0.05) is 42.7 Å². The first-order valence-corrected chi connectivity index (χ1v) is 15.7. The molecule has 1 saturated carbocycles. The Balaban J connectivity index is 1.15. The Labute approximate surface area is 251 Å². The van der Waals surface area contributed by atoms with Gasteiger partial charge in [0.15, 0.2) is 5.13 Å². The number of ether oxygens (including phenoxy) is 1. The predicted octanol–water partition coefficient (Wildman–Crippen LogP) is 5.54. The van der Waals surface area contributed by atoms with Crippen LogP contribution in [0.1, 0.15) is 59.7 Å². The van der Waals surface area contributed by atoms with Crippen molar-refractivity contribution in [2.45, 2.75) is 58.7 Å². The average Bonchev–Trinajstić information content (AvgIpc) is 3.54. The van der Waals surface area contributed by atoms with Gasteiger partial charge in [-0.2, -0.15) is 0 Å². The lowest BCUT2D eigenvalue weighted by molar-refractivity contribution is -0.144. The van der Waals surface area contributed by atoms with Gasteiger partial charge in [0.05, 0.1) is 17.2 Å². The maximum atomic E-state index is 13.1. The summed E-state index contributed by atoms with van der Waals surface area (Å²) >= 11 is 1.60. The fourth-order valence-electron chi connectivity index (χ4n) is 7.01. The summed E-state index contributed by atoms with van der Waals surface area (Å²) in [4.78, 5) is 33.9. The number of carbonyl (C=O) groups is 2. The second-order valence-corrected chi connectivity index (χ2v) is 13.5. The zero-order valence-electron chi connectivity index (χ0n) is 24.5. The van der Waals surface area contributed by atoms with Gasteiger partial charge >= 0.3 is 5.97 Å². The number of rotatable bonds is 7. The summed E-state index contributed by atoms with van der Waals surface area (Å²) in [7, 11) is 0. The fourth-order valence-corrected chi connectivity index (χ4v) is 7.85. The van der Waals surface area contributed by atoms with Crippen LogP contribution in [0.4, 0.5) is 5.13 Å². The van der Waals surface area contributed by atoms with E-state index in [0.29, 0.717) is 31.7 Å². The van der Waals surface area contributed by atoms with Crippen LogP contribution in [0.5, 0.6) is 5.75 Å². The number of carboxylic acid groups (broad SMARTS) is 1. The van der Waals surface area contributed by atoms with Crippen LogP contribution in [0.2, 0.25) is 0 Å². The maximum Gasteiger partial charge on any atom is 0.307 e. The number of nitrogens with zero attached hydrogens (tertiary/aromatic N) is 3. The lowest BCUT2D eigenvalue weighted by atomic mass is 9.85. The molecule has 2 aliphatic heterocycles. The lowest BCUT2D eigenvalue weighted by Gasteiger charge is -2.36. The van der Waals surface area contributed by atoms with Crippen molar-refractivity contribution in [3.05, 3.63) is 64.0 Å². The minimum absolute atomic E-state index is 0.0501. The number of aromatic nitrogens is 1. The summed E-state index contributed by atoms with van der Waals surface area (Å²) < 4.78 is 6.35. The van der Waals surface area contributed by atoms with Crippen molar-refractivity contribution in [3.63, 3.8) is 0 Å². The number of carbonyl (C=O) groups excluding carboxylic acids is 1. The summed E-state index contributed by atoms with van der Waals surface area (Å²) in [5, 5.41) is 23.1. The van der Waals surface area contributed by atoms with E-state index in [9.17, 15) is 19.8 Å². The minimum atomic E-state index is -0.836. The van der Waals surface area contributed by atoms with Crippen molar-refractivity contribution >= 4 is 28.3 Å². The number of carboxylic acids is 1. The molecule has 3 heterocycles. The third-order valence-electron chi connectivity index (χ3n) is 9.23. The van der Waals surface area contributed by atoms with E-state index < -0.39 is 11.6 Å². The zero-order valence-corrected chi connectivity index (χ0v) is 25.3.